The second kappa shape index (κ2) is 6.88. The van der Waals surface area contributed by atoms with Gasteiger partial charge in [0.05, 0.1) is 11.5 Å². The van der Waals surface area contributed by atoms with Crippen molar-refractivity contribution in [2.24, 2.45) is 0 Å². The second-order valence-corrected chi connectivity index (χ2v) is 8.52. The van der Waals surface area contributed by atoms with Crippen molar-refractivity contribution < 1.29 is 13.2 Å². The molecule has 3 rings (SSSR count). The zero-order valence-corrected chi connectivity index (χ0v) is 13.9. The molecule has 6 nitrogen and oxygen atoms in total. The Balaban J connectivity index is 1.38. The van der Waals surface area contributed by atoms with Crippen molar-refractivity contribution in [1.82, 2.24) is 15.5 Å². The van der Waals surface area contributed by atoms with Crippen LogP contribution in [0.1, 0.15) is 17.5 Å². The lowest BCUT2D eigenvalue weighted by Crippen LogP contribution is -2.45. The smallest absolute Gasteiger partial charge is 0.315 e. The van der Waals surface area contributed by atoms with Crippen LogP contribution in [0.2, 0.25) is 0 Å². The average Bonchev–Trinajstić information content (AvgIpc) is 2.86. The predicted octanol–water partition coefficient (Wildman–Crippen LogP) is 0.531. The molecule has 2 N–H and O–H groups in total. The maximum absolute atomic E-state index is 11.8. The van der Waals surface area contributed by atoms with Gasteiger partial charge in [0.25, 0.3) is 0 Å². The molecular weight excluding hydrogens is 314 g/mol. The Labute approximate surface area is 137 Å². The molecule has 2 aliphatic rings. The lowest BCUT2D eigenvalue weighted by atomic mass is 10.00. The van der Waals surface area contributed by atoms with Crippen molar-refractivity contribution >= 4 is 15.9 Å². The second-order valence-electron chi connectivity index (χ2n) is 6.30. The summed E-state index contributed by atoms with van der Waals surface area (Å²) in [6.45, 7) is 3.28. The molecule has 7 heteroatoms. The summed E-state index contributed by atoms with van der Waals surface area (Å²) in [7, 11) is -2.96. The monoisotopic (exact) mass is 337 g/mol. The average molecular weight is 337 g/mol. The molecular formula is C16H23N3O3S. The molecule has 0 saturated carbocycles. The van der Waals surface area contributed by atoms with E-state index in [0.717, 1.165) is 26.1 Å². The maximum Gasteiger partial charge on any atom is 0.315 e. The molecule has 2 aliphatic heterocycles. The minimum absolute atomic E-state index is 0.0589. The van der Waals surface area contributed by atoms with Gasteiger partial charge >= 0.3 is 6.03 Å². The molecule has 0 radical (unpaired) electrons. The normalized spacial score (nSPS) is 23.2. The first-order chi connectivity index (χ1) is 11.0. The summed E-state index contributed by atoms with van der Waals surface area (Å²) in [5.41, 5.74) is 2.77. The maximum atomic E-state index is 11.8. The van der Waals surface area contributed by atoms with Crippen LogP contribution in [-0.2, 0) is 22.8 Å². The fourth-order valence-corrected chi connectivity index (χ4v) is 4.89. The summed E-state index contributed by atoms with van der Waals surface area (Å²) in [6, 6.07) is 7.94. The molecule has 2 heterocycles. The number of amides is 2. The van der Waals surface area contributed by atoms with E-state index in [4.69, 9.17) is 0 Å². The highest BCUT2D eigenvalue weighted by molar-refractivity contribution is 7.91. The van der Waals surface area contributed by atoms with E-state index in [-0.39, 0.29) is 23.6 Å². The fraction of sp³-hybridized carbons (Fsp3) is 0.562. The van der Waals surface area contributed by atoms with E-state index in [1.54, 1.807) is 0 Å². The Morgan fingerprint density at radius 1 is 1.26 bits per heavy atom. The summed E-state index contributed by atoms with van der Waals surface area (Å²) in [4.78, 5) is 14.1. The minimum atomic E-state index is -2.96. The van der Waals surface area contributed by atoms with Crippen LogP contribution in [0.25, 0.3) is 0 Å². The van der Waals surface area contributed by atoms with E-state index < -0.39 is 9.84 Å². The van der Waals surface area contributed by atoms with Crippen molar-refractivity contribution in [3.05, 3.63) is 35.4 Å². The molecule has 0 aliphatic carbocycles. The first-order valence-electron chi connectivity index (χ1n) is 8.06. The Morgan fingerprint density at radius 3 is 2.78 bits per heavy atom. The number of nitrogens with zero attached hydrogens (tertiary/aromatic N) is 1. The van der Waals surface area contributed by atoms with Crippen LogP contribution in [-0.4, -0.2) is 56.5 Å². The summed E-state index contributed by atoms with van der Waals surface area (Å²) in [5.74, 6) is 0.231. The number of carbonyl (C=O) groups is 1. The van der Waals surface area contributed by atoms with E-state index in [1.165, 1.54) is 11.1 Å². The van der Waals surface area contributed by atoms with Crippen LogP contribution < -0.4 is 10.6 Å². The third kappa shape index (κ3) is 4.45. The van der Waals surface area contributed by atoms with Crippen molar-refractivity contribution in [3.63, 3.8) is 0 Å². The summed E-state index contributed by atoms with van der Waals surface area (Å²) in [6.07, 6.45) is 1.56. The number of urea groups is 1. The number of sulfone groups is 1. The molecule has 1 aromatic rings. The first-order valence-corrected chi connectivity index (χ1v) is 9.88. The third-order valence-electron chi connectivity index (χ3n) is 4.49. The van der Waals surface area contributed by atoms with Gasteiger partial charge in [0.1, 0.15) is 0 Å². The van der Waals surface area contributed by atoms with Crippen LogP contribution in [0.3, 0.4) is 0 Å². The molecule has 0 unspecified atom stereocenters. The lowest BCUT2D eigenvalue weighted by molar-refractivity contribution is 0.228. The van der Waals surface area contributed by atoms with Gasteiger partial charge in [-0.15, -0.1) is 0 Å². The molecule has 0 aromatic heterocycles. The number of hydrogen-bond donors (Lipinski definition) is 2. The molecule has 23 heavy (non-hydrogen) atoms. The third-order valence-corrected chi connectivity index (χ3v) is 6.26. The van der Waals surface area contributed by atoms with Gasteiger partial charge in [0.2, 0.25) is 0 Å². The molecule has 0 bridgehead atoms. The van der Waals surface area contributed by atoms with Gasteiger partial charge in [0, 0.05) is 32.2 Å². The van der Waals surface area contributed by atoms with Crippen LogP contribution in [0.4, 0.5) is 4.79 Å². The molecule has 0 spiro atoms. The number of hydrogen-bond acceptors (Lipinski definition) is 4. The molecule has 1 atom stereocenters. The molecule has 126 valence electrons. The molecule has 1 saturated heterocycles. The summed E-state index contributed by atoms with van der Waals surface area (Å²) >= 11 is 0. The fourth-order valence-electron chi connectivity index (χ4n) is 3.22. The quantitative estimate of drug-likeness (QED) is 0.840. The largest absolute Gasteiger partial charge is 0.337 e. The van der Waals surface area contributed by atoms with Gasteiger partial charge < -0.3 is 10.6 Å². The van der Waals surface area contributed by atoms with E-state index in [0.29, 0.717) is 13.0 Å². The Hall–Kier alpha value is -1.60. The van der Waals surface area contributed by atoms with E-state index in [2.05, 4.69) is 39.8 Å². The van der Waals surface area contributed by atoms with E-state index in [1.807, 2.05) is 0 Å². The Morgan fingerprint density at radius 2 is 2.04 bits per heavy atom. The zero-order valence-electron chi connectivity index (χ0n) is 13.1. The standard InChI is InChI=1S/C16H23N3O3S/c20-16(18-15-6-10-23(21,22)12-15)17-7-9-19-8-5-13-3-1-2-4-14(13)11-19/h1-4,15H,5-12H2,(H2,17,18,20)/t15-/m0/s1. The number of carbonyl (C=O) groups excluding carboxylic acids is 1. The number of rotatable bonds is 4. The zero-order chi connectivity index (χ0) is 16.3. The first kappa shape index (κ1) is 16.3. The van der Waals surface area contributed by atoms with Crippen LogP contribution in [0.5, 0.6) is 0 Å². The van der Waals surface area contributed by atoms with Crippen LogP contribution in [0.15, 0.2) is 24.3 Å². The van der Waals surface area contributed by atoms with E-state index in [9.17, 15) is 13.2 Å². The van der Waals surface area contributed by atoms with Gasteiger partial charge in [-0.1, -0.05) is 24.3 Å². The number of benzene rings is 1. The minimum Gasteiger partial charge on any atom is -0.337 e. The molecule has 1 aromatic carbocycles. The van der Waals surface area contributed by atoms with Gasteiger partial charge in [-0.05, 0) is 24.0 Å². The van der Waals surface area contributed by atoms with Crippen molar-refractivity contribution in [1.29, 1.82) is 0 Å². The highest BCUT2D eigenvalue weighted by Gasteiger charge is 2.28. The molecule has 2 amide bonds. The topological polar surface area (TPSA) is 78.5 Å². The van der Waals surface area contributed by atoms with Gasteiger partial charge in [-0.2, -0.15) is 0 Å². The van der Waals surface area contributed by atoms with Gasteiger partial charge in [-0.25, -0.2) is 13.2 Å². The van der Waals surface area contributed by atoms with Crippen LogP contribution >= 0.6 is 0 Å². The highest BCUT2D eigenvalue weighted by atomic mass is 32.2. The lowest BCUT2D eigenvalue weighted by Gasteiger charge is -2.28. The van der Waals surface area contributed by atoms with Gasteiger partial charge in [-0.3, -0.25) is 4.90 Å². The number of nitrogens with one attached hydrogen (secondary N) is 2. The van der Waals surface area contributed by atoms with Crippen LogP contribution in [0, 0.1) is 0 Å². The van der Waals surface area contributed by atoms with Crippen molar-refractivity contribution in [2.45, 2.75) is 25.4 Å². The Kier molecular flexibility index (Phi) is 4.87. The summed E-state index contributed by atoms with van der Waals surface area (Å²) < 4.78 is 22.7. The predicted molar refractivity (Wildman–Crippen MR) is 89.0 cm³/mol. The molecule has 1 fully saturated rings. The van der Waals surface area contributed by atoms with Crippen molar-refractivity contribution in [3.8, 4) is 0 Å². The number of fused-ring (bicyclic) bond motifs is 1. The van der Waals surface area contributed by atoms with Gasteiger partial charge in [0.15, 0.2) is 9.84 Å². The van der Waals surface area contributed by atoms with E-state index >= 15 is 0 Å². The Bertz CT molecular complexity index is 675. The van der Waals surface area contributed by atoms with Crippen molar-refractivity contribution in [2.75, 3.05) is 31.1 Å². The SMILES string of the molecule is O=C(NCCN1CCc2ccccc2C1)N[C@H]1CCS(=O)(=O)C1. The highest BCUT2D eigenvalue weighted by Crippen LogP contribution is 2.17. The summed E-state index contributed by atoms with van der Waals surface area (Å²) in [5, 5.41) is 5.56.